The second-order valence-electron chi connectivity index (χ2n) is 6.91. The van der Waals surface area contributed by atoms with E-state index in [4.69, 9.17) is 4.74 Å². The summed E-state index contributed by atoms with van der Waals surface area (Å²) in [6.45, 7) is 0.378. The highest BCUT2D eigenvalue weighted by molar-refractivity contribution is 5.98. The molecule has 0 spiro atoms. The van der Waals surface area contributed by atoms with Crippen molar-refractivity contribution in [1.29, 1.82) is 0 Å². The van der Waals surface area contributed by atoms with E-state index in [-0.39, 0.29) is 11.6 Å². The van der Waals surface area contributed by atoms with Crippen LogP contribution < -0.4 is 5.32 Å². The molecule has 0 atom stereocenters. The molecule has 2 N–H and O–H groups in total. The molecule has 8 nitrogen and oxygen atoms in total. The minimum Gasteiger partial charge on any atom is -0.464 e. The van der Waals surface area contributed by atoms with Gasteiger partial charge in [0.25, 0.3) is 5.91 Å². The van der Waals surface area contributed by atoms with Crippen LogP contribution in [0.1, 0.15) is 51.0 Å². The fourth-order valence-corrected chi connectivity index (χ4v) is 3.11. The number of amides is 1. The summed E-state index contributed by atoms with van der Waals surface area (Å²) < 4.78 is 6.34. The number of carbonyl (C=O) groups is 2. The smallest absolute Gasteiger partial charge is 0.359 e. The Balaban J connectivity index is 1.50. The van der Waals surface area contributed by atoms with Gasteiger partial charge in [-0.3, -0.25) is 14.6 Å². The maximum absolute atomic E-state index is 12.6. The molecule has 1 aliphatic rings. The number of esters is 1. The number of methoxy groups -OCH3 is 1. The zero-order valence-corrected chi connectivity index (χ0v) is 15.7. The van der Waals surface area contributed by atoms with Crippen LogP contribution >= 0.6 is 0 Å². The second kappa shape index (κ2) is 7.30. The summed E-state index contributed by atoms with van der Waals surface area (Å²) >= 11 is 0. The van der Waals surface area contributed by atoms with Crippen LogP contribution in [0.2, 0.25) is 0 Å². The summed E-state index contributed by atoms with van der Waals surface area (Å²) in [7, 11) is 3.04. The van der Waals surface area contributed by atoms with Gasteiger partial charge in [-0.05, 0) is 36.6 Å². The maximum Gasteiger partial charge on any atom is 0.359 e. The van der Waals surface area contributed by atoms with Gasteiger partial charge in [0.1, 0.15) is 0 Å². The standard InChI is InChI=1S/C20H21N5O3/c1-25-11-16(18(24-25)20(27)28-2)13-4-3-5-14(8-13)19(26)21-10-15-9-17(23-22-15)12-6-7-12/h3-5,8-9,11-12H,6-7,10H2,1-2H3,(H,21,26)(H,22,23). The average Bonchev–Trinajstić information content (AvgIpc) is 3.32. The van der Waals surface area contributed by atoms with Crippen molar-refractivity contribution in [1.82, 2.24) is 25.3 Å². The summed E-state index contributed by atoms with van der Waals surface area (Å²) in [4.78, 5) is 24.5. The minimum absolute atomic E-state index is 0.201. The molecule has 2 heterocycles. The lowest BCUT2D eigenvalue weighted by atomic mass is 10.0. The lowest BCUT2D eigenvalue weighted by Gasteiger charge is -2.06. The Hall–Kier alpha value is -3.42. The van der Waals surface area contributed by atoms with Crippen LogP contribution in [-0.4, -0.2) is 39.0 Å². The van der Waals surface area contributed by atoms with Gasteiger partial charge in [0, 0.05) is 30.3 Å². The number of hydrogen-bond acceptors (Lipinski definition) is 5. The predicted molar refractivity (Wildman–Crippen MR) is 102 cm³/mol. The van der Waals surface area contributed by atoms with Crippen molar-refractivity contribution in [2.24, 2.45) is 7.05 Å². The quantitative estimate of drug-likeness (QED) is 0.641. The number of hydrogen-bond donors (Lipinski definition) is 2. The van der Waals surface area contributed by atoms with Crippen molar-refractivity contribution in [2.45, 2.75) is 25.3 Å². The normalized spacial score (nSPS) is 13.4. The second-order valence-corrected chi connectivity index (χ2v) is 6.91. The molecule has 0 radical (unpaired) electrons. The molecule has 0 aliphatic heterocycles. The third kappa shape index (κ3) is 3.66. The summed E-state index contributed by atoms with van der Waals surface area (Å²) in [6.07, 6.45) is 4.10. The maximum atomic E-state index is 12.6. The van der Waals surface area contributed by atoms with E-state index in [2.05, 4.69) is 20.6 Å². The van der Waals surface area contributed by atoms with E-state index < -0.39 is 5.97 Å². The van der Waals surface area contributed by atoms with Crippen LogP contribution in [0.3, 0.4) is 0 Å². The Bertz CT molecular complexity index is 1030. The van der Waals surface area contributed by atoms with Crippen LogP contribution in [0, 0.1) is 0 Å². The highest BCUT2D eigenvalue weighted by atomic mass is 16.5. The lowest BCUT2D eigenvalue weighted by molar-refractivity contribution is 0.0594. The Labute approximate surface area is 161 Å². The Kier molecular flexibility index (Phi) is 4.68. The largest absolute Gasteiger partial charge is 0.464 e. The number of nitrogens with zero attached hydrogens (tertiary/aromatic N) is 3. The summed E-state index contributed by atoms with van der Waals surface area (Å²) in [5, 5.41) is 14.3. The topological polar surface area (TPSA) is 102 Å². The van der Waals surface area contributed by atoms with Crippen molar-refractivity contribution in [3.63, 3.8) is 0 Å². The van der Waals surface area contributed by atoms with Gasteiger partial charge in [-0.1, -0.05) is 12.1 Å². The van der Waals surface area contributed by atoms with E-state index in [1.165, 1.54) is 20.0 Å². The van der Waals surface area contributed by atoms with Gasteiger partial charge < -0.3 is 10.1 Å². The molecule has 8 heteroatoms. The number of H-pyrrole nitrogens is 1. The van der Waals surface area contributed by atoms with Gasteiger partial charge in [0.2, 0.25) is 0 Å². The third-order valence-electron chi connectivity index (χ3n) is 4.73. The highest BCUT2D eigenvalue weighted by Crippen LogP contribution is 2.38. The van der Waals surface area contributed by atoms with Gasteiger partial charge in [-0.2, -0.15) is 10.2 Å². The molecule has 0 saturated heterocycles. The molecule has 3 aromatic rings. The third-order valence-corrected chi connectivity index (χ3v) is 4.73. The minimum atomic E-state index is -0.517. The van der Waals surface area contributed by atoms with Gasteiger partial charge in [-0.25, -0.2) is 4.79 Å². The molecule has 2 aromatic heterocycles. The van der Waals surface area contributed by atoms with Crippen LogP contribution in [0.4, 0.5) is 0 Å². The van der Waals surface area contributed by atoms with Crippen molar-refractivity contribution < 1.29 is 14.3 Å². The number of carbonyl (C=O) groups excluding carboxylic acids is 2. The summed E-state index contributed by atoms with van der Waals surface area (Å²) in [5.41, 5.74) is 4.00. The first-order valence-electron chi connectivity index (χ1n) is 9.10. The van der Waals surface area contributed by atoms with E-state index in [1.807, 2.05) is 12.1 Å². The van der Waals surface area contributed by atoms with Gasteiger partial charge in [0.15, 0.2) is 5.69 Å². The molecule has 0 bridgehead atoms. The van der Waals surface area contributed by atoms with E-state index in [0.717, 1.165) is 17.0 Å². The summed E-state index contributed by atoms with van der Waals surface area (Å²) in [5.74, 6) is -0.148. The van der Waals surface area contributed by atoms with Crippen LogP contribution in [0.25, 0.3) is 11.1 Å². The number of rotatable bonds is 6. The first-order valence-corrected chi connectivity index (χ1v) is 9.10. The van der Waals surface area contributed by atoms with Crippen molar-refractivity contribution in [3.05, 3.63) is 59.2 Å². The molecule has 4 rings (SSSR count). The average molecular weight is 379 g/mol. The Morgan fingerprint density at radius 1 is 1.32 bits per heavy atom. The molecular weight excluding hydrogens is 358 g/mol. The molecular formula is C20H21N5O3. The van der Waals surface area contributed by atoms with Crippen LogP contribution in [0.5, 0.6) is 0 Å². The van der Waals surface area contributed by atoms with Crippen molar-refractivity contribution in [2.75, 3.05) is 7.11 Å². The predicted octanol–water partition coefficient (Wildman–Crippen LogP) is 2.40. The lowest BCUT2D eigenvalue weighted by Crippen LogP contribution is -2.23. The van der Waals surface area contributed by atoms with E-state index >= 15 is 0 Å². The van der Waals surface area contributed by atoms with Crippen molar-refractivity contribution in [3.8, 4) is 11.1 Å². The Morgan fingerprint density at radius 2 is 2.14 bits per heavy atom. The number of aromatic amines is 1. The number of nitrogens with one attached hydrogen (secondary N) is 2. The van der Waals surface area contributed by atoms with E-state index in [9.17, 15) is 9.59 Å². The fraction of sp³-hybridized carbons (Fsp3) is 0.300. The molecule has 1 saturated carbocycles. The van der Waals surface area contributed by atoms with Gasteiger partial charge in [0.05, 0.1) is 25.0 Å². The zero-order valence-electron chi connectivity index (χ0n) is 15.7. The monoisotopic (exact) mass is 379 g/mol. The number of aryl methyl sites for hydroxylation is 1. The number of benzene rings is 1. The zero-order chi connectivity index (χ0) is 19.7. The fourth-order valence-electron chi connectivity index (χ4n) is 3.11. The summed E-state index contributed by atoms with van der Waals surface area (Å²) in [6, 6.07) is 9.08. The van der Waals surface area contributed by atoms with E-state index in [1.54, 1.807) is 36.1 Å². The van der Waals surface area contributed by atoms with E-state index in [0.29, 0.717) is 23.6 Å². The molecule has 28 heavy (non-hydrogen) atoms. The number of aromatic nitrogens is 4. The highest BCUT2D eigenvalue weighted by Gasteiger charge is 2.26. The SMILES string of the molecule is COC(=O)c1nn(C)cc1-c1cccc(C(=O)NCc2cc(C3CC3)n[nH]2)c1. The molecule has 1 fully saturated rings. The number of ether oxygens (including phenoxy) is 1. The van der Waals surface area contributed by atoms with Crippen molar-refractivity contribution >= 4 is 11.9 Å². The molecule has 1 amide bonds. The molecule has 0 unspecified atom stereocenters. The molecule has 1 aromatic carbocycles. The first kappa shape index (κ1) is 18.0. The van der Waals surface area contributed by atoms with Crippen LogP contribution in [0.15, 0.2) is 36.5 Å². The molecule has 1 aliphatic carbocycles. The Morgan fingerprint density at radius 3 is 2.89 bits per heavy atom. The first-order chi connectivity index (χ1) is 13.5. The van der Waals surface area contributed by atoms with Crippen LogP contribution in [-0.2, 0) is 18.3 Å². The van der Waals surface area contributed by atoms with Gasteiger partial charge in [-0.15, -0.1) is 0 Å². The molecule has 144 valence electrons. The van der Waals surface area contributed by atoms with Gasteiger partial charge >= 0.3 is 5.97 Å².